The number of urea groups is 1. The van der Waals surface area contributed by atoms with Crippen LogP contribution in [0.1, 0.15) is 35.4 Å². The minimum atomic E-state index is -1.08. The van der Waals surface area contributed by atoms with Gasteiger partial charge in [0.25, 0.3) is 0 Å². The Bertz CT molecular complexity index is 507. The lowest BCUT2D eigenvalue weighted by Gasteiger charge is -2.21. The van der Waals surface area contributed by atoms with Crippen molar-refractivity contribution in [1.82, 2.24) is 15.2 Å². The molecule has 6 nitrogen and oxygen atoms in total. The second-order valence-corrected chi connectivity index (χ2v) is 4.66. The van der Waals surface area contributed by atoms with E-state index in [1.807, 2.05) is 6.92 Å². The summed E-state index contributed by atoms with van der Waals surface area (Å²) in [5, 5.41) is 13.5. The zero-order chi connectivity index (χ0) is 14.4. The summed E-state index contributed by atoms with van der Waals surface area (Å²) < 4.78 is 0. The summed E-state index contributed by atoms with van der Waals surface area (Å²) in [7, 11) is 0. The molecule has 0 saturated heterocycles. The summed E-state index contributed by atoms with van der Waals surface area (Å²) >= 11 is 1.20. The summed E-state index contributed by atoms with van der Waals surface area (Å²) in [5.74, 6) is 1.33. The van der Waals surface area contributed by atoms with E-state index in [0.29, 0.717) is 11.6 Å². The molecule has 2 N–H and O–H groups in total. The predicted molar refractivity (Wildman–Crippen MR) is 72.1 cm³/mol. The molecule has 1 rings (SSSR count). The molecule has 0 aromatic carbocycles. The zero-order valence-corrected chi connectivity index (χ0v) is 11.5. The van der Waals surface area contributed by atoms with Crippen LogP contribution in [0.15, 0.2) is 5.38 Å². The minimum absolute atomic E-state index is 0.0166. The number of aromatic nitrogens is 1. The average Bonchev–Trinajstić information content (AvgIpc) is 2.85. The topological polar surface area (TPSA) is 82.5 Å². The van der Waals surface area contributed by atoms with Gasteiger partial charge in [0.15, 0.2) is 5.69 Å². The third-order valence-corrected chi connectivity index (χ3v) is 3.43. The Balaban J connectivity index is 2.68. The number of hydrogen-bond acceptors (Lipinski definition) is 4. The Kier molecular flexibility index (Phi) is 5.33. The number of carboxylic acid groups (broad SMARTS) is 1. The van der Waals surface area contributed by atoms with E-state index >= 15 is 0 Å². The van der Waals surface area contributed by atoms with E-state index in [4.69, 9.17) is 11.5 Å². The first-order valence-electron chi connectivity index (χ1n) is 5.67. The van der Waals surface area contributed by atoms with Crippen LogP contribution in [0.3, 0.4) is 0 Å². The number of hydrogen-bond donors (Lipinski definition) is 2. The molecule has 102 valence electrons. The number of carboxylic acids is 1. The van der Waals surface area contributed by atoms with E-state index in [2.05, 4.69) is 16.2 Å². The van der Waals surface area contributed by atoms with Gasteiger partial charge in [0, 0.05) is 11.9 Å². The first-order chi connectivity index (χ1) is 8.99. The van der Waals surface area contributed by atoms with Crippen molar-refractivity contribution in [3.63, 3.8) is 0 Å². The number of carbonyl (C=O) groups excluding carboxylic acids is 1. The van der Waals surface area contributed by atoms with Crippen LogP contribution in [0.25, 0.3) is 0 Å². The summed E-state index contributed by atoms with van der Waals surface area (Å²) in [5.41, 5.74) is -0.0166. The van der Waals surface area contributed by atoms with E-state index in [9.17, 15) is 9.59 Å². The summed E-state index contributed by atoms with van der Waals surface area (Å²) in [4.78, 5) is 28.0. The molecule has 19 heavy (non-hydrogen) atoms. The molecule has 1 aromatic heterocycles. The number of rotatable bonds is 5. The molecular weight excluding hydrogens is 266 g/mol. The van der Waals surface area contributed by atoms with Crippen LogP contribution < -0.4 is 5.32 Å². The van der Waals surface area contributed by atoms with E-state index in [-0.39, 0.29) is 24.3 Å². The molecule has 0 spiro atoms. The molecule has 2 amide bonds. The predicted octanol–water partition coefficient (Wildman–Crippen LogP) is 1.57. The van der Waals surface area contributed by atoms with Crippen molar-refractivity contribution in [2.45, 2.75) is 19.9 Å². The maximum atomic E-state index is 11.9. The van der Waals surface area contributed by atoms with Crippen LogP contribution in [0.4, 0.5) is 4.79 Å². The summed E-state index contributed by atoms with van der Waals surface area (Å²) in [6, 6.07) is -0.655. The number of aromatic carboxylic acids is 1. The van der Waals surface area contributed by atoms with Gasteiger partial charge >= 0.3 is 12.0 Å². The van der Waals surface area contributed by atoms with Crippen LogP contribution >= 0.6 is 11.3 Å². The van der Waals surface area contributed by atoms with Gasteiger partial charge in [0.1, 0.15) is 5.01 Å². The van der Waals surface area contributed by atoms with E-state index in [1.54, 1.807) is 6.92 Å². The fraction of sp³-hybridized carbons (Fsp3) is 0.417. The van der Waals surface area contributed by atoms with Crippen molar-refractivity contribution in [2.75, 3.05) is 13.1 Å². The van der Waals surface area contributed by atoms with E-state index in [1.165, 1.54) is 21.6 Å². The minimum Gasteiger partial charge on any atom is -0.476 e. The Labute approximate surface area is 115 Å². The highest BCUT2D eigenvalue weighted by Crippen LogP contribution is 2.18. The van der Waals surface area contributed by atoms with Gasteiger partial charge in [0.05, 0.1) is 12.6 Å². The normalized spacial score (nSPS) is 11.4. The molecular formula is C12H15N3O3S. The largest absolute Gasteiger partial charge is 0.476 e. The summed E-state index contributed by atoms with van der Waals surface area (Å²) in [6.45, 7) is 4.30. The van der Waals surface area contributed by atoms with Gasteiger partial charge in [-0.3, -0.25) is 0 Å². The lowest BCUT2D eigenvalue weighted by Crippen LogP contribution is -2.41. The molecule has 0 saturated carbocycles. The van der Waals surface area contributed by atoms with Crippen LogP contribution in [0.2, 0.25) is 0 Å². The molecule has 0 bridgehead atoms. The van der Waals surface area contributed by atoms with Crippen molar-refractivity contribution in [2.24, 2.45) is 0 Å². The second kappa shape index (κ2) is 6.75. The molecule has 1 unspecified atom stereocenters. The van der Waals surface area contributed by atoms with Crippen molar-refractivity contribution in [3.05, 3.63) is 16.1 Å². The standard InChI is InChI=1S/C12H15N3O3S/c1-4-6-15(5-2)12(18)13-8(3)10-14-9(7-19-10)11(16)17/h1,7-8H,5-6H2,2-3H3,(H,13,18)(H,16,17). The first kappa shape index (κ1) is 15.0. The molecule has 0 fully saturated rings. The zero-order valence-electron chi connectivity index (χ0n) is 10.7. The van der Waals surface area contributed by atoms with Gasteiger partial charge in [-0.05, 0) is 13.8 Å². The molecule has 0 radical (unpaired) electrons. The summed E-state index contributed by atoms with van der Waals surface area (Å²) in [6.07, 6.45) is 5.17. The van der Waals surface area contributed by atoms with Gasteiger partial charge in [-0.25, -0.2) is 14.6 Å². The van der Waals surface area contributed by atoms with Crippen molar-refractivity contribution < 1.29 is 14.7 Å². The molecule has 0 aliphatic carbocycles. The monoisotopic (exact) mass is 281 g/mol. The Morgan fingerprint density at radius 2 is 2.37 bits per heavy atom. The third kappa shape index (κ3) is 3.96. The second-order valence-electron chi connectivity index (χ2n) is 3.77. The lowest BCUT2D eigenvalue weighted by molar-refractivity contribution is 0.0691. The number of amides is 2. The average molecular weight is 281 g/mol. The highest BCUT2D eigenvalue weighted by molar-refractivity contribution is 7.09. The number of carbonyl (C=O) groups is 2. The van der Waals surface area contributed by atoms with E-state index in [0.717, 1.165) is 0 Å². The molecule has 1 atom stereocenters. The van der Waals surface area contributed by atoms with Gasteiger partial charge in [-0.15, -0.1) is 17.8 Å². The van der Waals surface area contributed by atoms with E-state index < -0.39 is 5.97 Å². The maximum Gasteiger partial charge on any atom is 0.355 e. The Morgan fingerprint density at radius 1 is 1.68 bits per heavy atom. The highest BCUT2D eigenvalue weighted by atomic mass is 32.1. The highest BCUT2D eigenvalue weighted by Gasteiger charge is 2.18. The van der Waals surface area contributed by atoms with Crippen molar-refractivity contribution >= 4 is 23.3 Å². The Hall–Kier alpha value is -2.07. The first-order valence-corrected chi connectivity index (χ1v) is 6.55. The number of thiazole rings is 1. The molecule has 1 heterocycles. The van der Waals surface area contributed by atoms with Gasteiger partial charge in [0.2, 0.25) is 0 Å². The van der Waals surface area contributed by atoms with Crippen LogP contribution in [-0.2, 0) is 0 Å². The van der Waals surface area contributed by atoms with Crippen LogP contribution in [0.5, 0.6) is 0 Å². The molecule has 0 aliphatic heterocycles. The fourth-order valence-corrected chi connectivity index (χ4v) is 2.16. The Morgan fingerprint density at radius 3 is 2.84 bits per heavy atom. The van der Waals surface area contributed by atoms with Gasteiger partial charge in [-0.1, -0.05) is 5.92 Å². The molecule has 1 aromatic rings. The molecule has 7 heteroatoms. The van der Waals surface area contributed by atoms with Crippen LogP contribution in [0, 0.1) is 12.3 Å². The third-order valence-electron chi connectivity index (χ3n) is 2.40. The number of terminal acetylenes is 1. The fourth-order valence-electron chi connectivity index (χ4n) is 1.36. The van der Waals surface area contributed by atoms with Gasteiger partial charge in [-0.2, -0.15) is 0 Å². The maximum absolute atomic E-state index is 11.9. The van der Waals surface area contributed by atoms with Crippen LogP contribution in [-0.4, -0.2) is 40.1 Å². The number of nitrogens with one attached hydrogen (secondary N) is 1. The molecule has 0 aliphatic rings. The van der Waals surface area contributed by atoms with Crippen molar-refractivity contribution in [1.29, 1.82) is 0 Å². The van der Waals surface area contributed by atoms with Crippen molar-refractivity contribution in [3.8, 4) is 12.3 Å². The SMILES string of the molecule is C#CCN(CC)C(=O)NC(C)c1nc(C(=O)O)cs1. The number of nitrogens with zero attached hydrogens (tertiary/aromatic N) is 2. The smallest absolute Gasteiger partial charge is 0.355 e. The van der Waals surface area contributed by atoms with Gasteiger partial charge < -0.3 is 15.3 Å². The lowest BCUT2D eigenvalue weighted by atomic mass is 10.3. The quantitative estimate of drug-likeness (QED) is 0.802.